The first kappa shape index (κ1) is 23.3. The number of piperazine rings is 1. The third-order valence-corrected chi connectivity index (χ3v) is 7.87. The molecule has 0 N–H and O–H groups in total. The Balaban J connectivity index is 1.53. The van der Waals surface area contributed by atoms with Crippen molar-refractivity contribution in [1.29, 1.82) is 0 Å². The van der Waals surface area contributed by atoms with E-state index in [4.69, 9.17) is 0 Å². The summed E-state index contributed by atoms with van der Waals surface area (Å²) in [6.07, 6.45) is 0. The molecular weight excluding hydrogens is 509 g/mol. The maximum atomic E-state index is 14.1. The van der Waals surface area contributed by atoms with Crippen molar-refractivity contribution in [1.82, 2.24) is 4.90 Å². The smallest absolute Gasteiger partial charge is 0.264 e. The van der Waals surface area contributed by atoms with Crippen LogP contribution in [0.1, 0.15) is 0 Å². The van der Waals surface area contributed by atoms with Crippen molar-refractivity contribution in [3.63, 3.8) is 0 Å². The molecule has 9 heteroatoms. The molecular formula is C24H23BrFN3O3S. The Morgan fingerprint density at radius 3 is 2.12 bits per heavy atom. The maximum absolute atomic E-state index is 14.1. The van der Waals surface area contributed by atoms with Crippen molar-refractivity contribution >= 4 is 43.2 Å². The van der Waals surface area contributed by atoms with E-state index in [0.29, 0.717) is 37.6 Å². The predicted molar refractivity (Wildman–Crippen MR) is 130 cm³/mol. The van der Waals surface area contributed by atoms with Gasteiger partial charge in [-0.25, -0.2) is 12.8 Å². The van der Waals surface area contributed by atoms with E-state index in [-0.39, 0.29) is 23.2 Å². The zero-order valence-electron chi connectivity index (χ0n) is 17.8. The Kier molecular flexibility index (Phi) is 6.99. The van der Waals surface area contributed by atoms with E-state index in [0.717, 1.165) is 8.78 Å². The number of carbonyl (C=O) groups is 1. The fraction of sp³-hybridized carbons (Fsp3) is 0.208. The van der Waals surface area contributed by atoms with Gasteiger partial charge >= 0.3 is 0 Å². The lowest BCUT2D eigenvalue weighted by Crippen LogP contribution is -2.52. The number of anilines is 2. The lowest BCUT2D eigenvalue weighted by Gasteiger charge is -2.37. The van der Waals surface area contributed by atoms with Crippen molar-refractivity contribution in [2.45, 2.75) is 4.90 Å². The first-order valence-electron chi connectivity index (χ1n) is 10.5. The molecule has 0 spiro atoms. The van der Waals surface area contributed by atoms with E-state index < -0.39 is 10.0 Å². The van der Waals surface area contributed by atoms with Crippen molar-refractivity contribution in [3.8, 4) is 0 Å². The lowest BCUT2D eigenvalue weighted by molar-refractivity contribution is -0.129. The summed E-state index contributed by atoms with van der Waals surface area (Å²) >= 11 is 3.36. The Hall–Kier alpha value is -2.91. The normalized spacial score (nSPS) is 14.2. The highest BCUT2D eigenvalue weighted by molar-refractivity contribution is 9.10. The second-order valence-corrected chi connectivity index (χ2v) is 10.4. The average molecular weight is 532 g/mol. The van der Waals surface area contributed by atoms with Gasteiger partial charge in [0, 0.05) is 30.7 Å². The summed E-state index contributed by atoms with van der Waals surface area (Å²) < 4.78 is 42.9. The molecule has 1 aliphatic rings. The molecule has 0 radical (unpaired) electrons. The van der Waals surface area contributed by atoms with E-state index in [1.807, 2.05) is 4.90 Å². The number of hydrogen-bond donors (Lipinski definition) is 0. The van der Waals surface area contributed by atoms with Gasteiger partial charge in [-0.1, -0.05) is 46.3 Å². The Morgan fingerprint density at radius 1 is 0.879 bits per heavy atom. The summed E-state index contributed by atoms with van der Waals surface area (Å²) in [6.45, 7) is 1.38. The summed E-state index contributed by atoms with van der Waals surface area (Å²) in [5, 5.41) is 0. The first-order valence-corrected chi connectivity index (χ1v) is 12.7. The van der Waals surface area contributed by atoms with Crippen LogP contribution in [-0.4, -0.2) is 51.9 Å². The van der Waals surface area contributed by atoms with Crippen LogP contribution < -0.4 is 9.21 Å². The topological polar surface area (TPSA) is 60.9 Å². The van der Waals surface area contributed by atoms with Crippen LogP contribution in [0.25, 0.3) is 0 Å². The molecule has 33 heavy (non-hydrogen) atoms. The molecule has 1 fully saturated rings. The maximum Gasteiger partial charge on any atom is 0.264 e. The van der Waals surface area contributed by atoms with Crippen LogP contribution >= 0.6 is 15.9 Å². The fourth-order valence-electron chi connectivity index (χ4n) is 3.77. The van der Waals surface area contributed by atoms with Crippen LogP contribution in [0, 0.1) is 5.82 Å². The highest BCUT2D eigenvalue weighted by Gasteiger charge is 2.30. The fourth-order valence-corrected chi connectivity index (χ4v) is 5.47. The van der Waals surface area contributed by atoms with Crippen molar-refractivity contribution in [2.75, 3.05) is 41.9 Å². The number of halogens is 2. The summed E-state index contributed by atoms with van der Waals surface area (Å²) in [5.41, 5.74) is 0.910. The minimum Gasteiger partial charge on any atom is -0.366 e. The molecule has 1 heterocycles. The molecule has 172 valence electrons. The van der Waals surface area contributed by atoms with Gasteiger partial charge in [-0.05, 0) is 48.5 Å². The zero-order chi connectivity index (χ0) is 23.4. The number of sulfonamides is 1. The Morgan fingerprint density at radius 2 is 1.48 bits per heavy atom. The molecule has 6 nitrogen and oxygen atoms in total. The van der Waals surface area contributed by atoms with Gasteiger partial charge < -0.3 is 9.80 Å². The molecule has 3 aromatic rings. The van der Waals surface area contributed by atoms with E-state index in [9.17, 15) is 17.6 Å². The van der Waals surface area contributed by atoms with Crippen LogP contribution in [-0.2, 0) is 14.8 Å². The van der Waals surface area contributed by atoms with Crippen LogP contribution in [0.3, 0.4) is 0 Å². The highest BCUT2D eigenvalue weighted by atomic mass is 79.9. The number of nitrogens with zero attached hydrogens (tertiary/aromatic N) is 3. The first-order chi connectivity index (χ1) is 15.9. The molecule has 1 aliphatic heterocycles. The quantitative estimate of drug-likeness (QED) is 0.479. The van der Waals surface area contributed by atoms with E-state index in [1.165, 1.54) is 18.2 Å². The summed E-state index contributed by atoms with van der Waals surface area (Å²) in [5.74, 6) is -0.599. The molecule has 3 aromatic carbocycles. The van der Waals surface area contributed by atoms with Gasteiger partial charge in [0.1, 0.15) is 12.4 Å². The largest absolute Gasteiger partial charge is 0.366 e. The van der Waals surface area contributed by atoms with Crippen molar-refractivity contribution < 1.29 is 17.6 Å². The molecule has 0 aliphatic carbocycles. The minimum absolute atomic E-state index is 0.116. The number of para-hydroxylation sites is 1. The molecule has 1 saturated heterocycles. The lowest BCUT2D eigenvalue weighted by atomic mass is 10.2. The third kappa shape index (κ3) is 5.20. The van der Waals surface area contributed by atoms with E-state index >= 15 is 0 Å². The molecule has 0 bridgehead atoms. The van der Waals surface area contributed by atoms with Crippen LogP contribution in [0.15, 0.2) is 88.2 Å². The van der Waals surface area contributed by atoms with Crippen molar-refractivity contribution in [3.05, 3.63) is 89.2 Å². The second kappa shape index (κ2) is 9.93. The van der Waals surface area contributed by atoms with Gasteiger partial charge in [-0.2, -0.15) is 0 Å². The molecule has 0 unspecified atom stereocenters. The number of rotatable bonds is 6. The molecule has 0 atom stereocenters. The summed E-state index contributed by atoms with van der Waals surface area (Å²) in [6, 6.07) is 21.4. The van der Waals surface area contributed by atoms with Gasteiger partial charge in [0.15, 0.2) is 0 Å². The Bertz CT molecular complexity index is 1220. The summed E-state index contributed by atoms with van der Waals surface area (Å²) in [7, 11) is -3.95. The zero-order valence-corrected chi connectivity index (χ0v) is 20.2. The minimum atomic E-state index is -3.95. The average Bonchev–Trinajstić information content (AvgIpc) is 2.84. The molecule has 1 amide bonds. The molecule has 4 rings (SSSR count). The Labute approximate surface area is 201 Å². The molecule has 0 saturated carbocycles. The monoisotopic (exact) mass is 531 g/mol. The van der Waals surface area contributed by atoms with Gasteiger partial charge in [-0.3, -0.25) is 9.10 Å². The van der Waals surface area contributed by atoms with Gasteiger partial charge in [0.05, 0.1) is 16.3 Å². The van der Waals surface area contributed by atoms with Crippen LogP contribution in [0.5, 0.6) is 0 Å². The van der Waals surface area contributed by atoms with E-state index in [1.54, 1.807) is 65.6 Å². The van der Waals surface area contributed by atoms with Crippen LogP contribution in [0.4, 0.5) is 15.8 Å². The predicted octanol–water partition coefficient (Wildman–Crippen LogP) is 4.13. The number of carbonyl (C=O) groups excluding carboxylic acids is 1. The number of benzene rings is 3. The highest BCUT2D eigenvalue weighted by Crippen LogP contribution is 2.26. The standard InChI is InChI=1S/C24H23BrFN3O3S/c25-19-10-12-20(13-11-19)29(33(31,32)21-6-2-1-3-7-21)18-24(30)28-16-14-27(15-17-28)23-9-5-4-8-22(23)26/h1-13H,14-18H2. The SMILES string of the molecule is O=C(CN(c1ccc(Br)cc1)S(=O)(=O)c1ccccc1)N1CCN(c2ccccc2F)CC1. The van der Waals surface area contributed by atoms with Gasteiger partial charge in [-0.15, -0.1) is 0 Å². The molecule has 0 aromatic heterocycles. The van der Waals surface area contributed by atoms with Crippen molar-refractivity contribution in [2.24, 2.45) is 0 Å². The van der Waals surface area contributed by atoms with Gasteiger partial charge in [0.2, 0.25) is 5.91 Å². The third-order valence-electron chi connectivity index (χ3n) is 5.55. The van der Waals surface area contributed by atoms with Crippen LogP contribution in [0.2, 0.25) is 0 Å². The number of hydrogen-bond acceptors (Lipinski definition) is 4. The van der Waals surface area contributed by atoms with Gasteiger partial charge in [0.25, 0.3) is 10.0 Å². The second-order valence-electron chi connectivity index (χ2n) is 7.62. The number of amides is 1. The van der Waals surface area contributed by atoms with E-state index in [2.05, 4.69) is 15.9 Å². The summed E-state index contributed by atoms with van der Waals surface area (Å²) in [4.78, 5) is 16.8.